The predicted octanol–water partition coefficient (Wildman–Crippen LogP) is 2.96. The average Bonchev–Trinajstić information content (AvgIpc) is 3.02. The number of aromatic nitrogens is 2. The van der Waals surface area contributed by atoms with Gasteiger partial charge < -0.3 is 14.8 Å². The van der Waals surface area contributed by atoms with Gasteiger partial charge in [-0.2, -0.15) is 0 Å². The minimum atomic E-state index is 0.279. The first-order valence-electron chi connectivity index (χ1n) is 8.41. The Balaban J connectivity index is 1.48. The second kappa shape index (κ2) is 6.28. The van der Waals surface area contributed by atoms with Gasteiger partial charge in [-0.05, 0) is 18.1 Å². The molecule has 1 aromatic heterocycles. The van der Waals surface area contributed by atoms with E-state index in [9.17, 15) is 0 Å². The van der Waals surface area contributed by atoms with Crippen LogP contribution in [0.15, 0.2) is 24.4 Å². The van der Waals surface area contributed by atoms with E-state index in [1.165, 1.54) is 5.56 Å². The van der Waals surface area contributed by atoms with Crippen molar-refractivity contribution in [2.24, 2.45) is 5.92 Å². The van der Waals surface area contributed by atoms with E-state index in [4.69, 9.17) is 14.5 Å². The molecule has 2 aromatic rings. The summed E-state index contributed by atoms with van der Waals surface area (Å²) in [5.74, 6) is 2.84. The summed E-state index contributed by atoms with van der Waals surface area (Å²) in [7, 11) is 0. The Morgan fingerprint density at radius 2 is 2.12 bits per heavy atom. The third kappa shape index (κ3) is 3.14. The van der Waals surface area contributed by atoms with Crippen molar-refractivity contribution in [2.45, 2.75) is 26.8 Å². The van der Waals surface area contributed by atoms with Crippen molar-refractivity contribution < 1.29 is 9.47 Å². The summed E-state index contributed by atoms with van der Waals surface area (Å²) < 4.78 is 10.7. The number of fused-ring (bicyclic) bond motifs is 2. The molecular weight excluding hydrogens is 304 g/mol. The van der Waals surface area contributed by atoms with Gasteiger partial charge in [0.15, 0.2) is 11.5 Å². The van der Waals surface area contributed by atoms with Gasteiger partial charge in [0.25, 0.3) is 0 Å². The molecule has 0 aliphatic carbocycles. The number of hydrogen-bond acceptors (Lipinski definition) is 6. The number of nitrogens with one attached hydrogen (secondary N) is 1. The van der Waals surface area contributed by atoms with Crippen LogP contribution in [0, 0.1) is 5.92 Å². The van der Waals surface area contributed by atoms with Crippen molar-refractivity contribution in [3.8, 4) is 11.5 Å². The van der Waals surface area contributed by atoms with E-state index in [2.05, 4.69) is 29.0 Å². The SMILES string of the molecule is CC(C)CN1CCc2nc(Nc3ccc4c(c3)OCO4)ncc2C1. The number of nitrogens with zero attached hydrogens (tertiary/aromatic N) is 3. The molecule has 0 atom stereocenters. The highest BCUT2D eigenvalue weighted by Gasteiger charge is 2.19. The fourth-order valence-corrected chi connectivity index (χ4v) is 3.21. The molecule has 0 saturated heterocycles. The molecule has 24 heavy (non-hydrogen) atoms. The Morgan fingerprint density at radius 3 is 3.00 bits per heavy atom. The van der Waals surface area contributed by atoms with E-state index in [-0.39, 0.29) is 6.79 Å². The summed E-state index contributed by atoms with van der Waals surface area (Å²) in [5.41, 5.74) is 3.28. The molecule has 0 fully saturated rings. The van der Waals surface area contributed by atoms with Crippen LogP contribution in [0.25, 0.3) is 0 Å². The van der Waals surface area contributed by atoms with Gasteiger partial charge in [-0.15, -0.1) is 0 Å². The molecule has 1 aromatic carbocycles. The third-order valence-corrected chi connectivity index (χ3v) is 4.27. The van der Waals surface area contributed by atoms with Gasteiger partial charge in [0.1, 0.15) is 0 Å². The van der Waals surface area contributed by atoms with Crippen molar-refractivity contribution in [2.75, 3.05) is 25.2 Å². The van der Waals surface area contributed by atoms with Gasteiger partial charge >= 0.3 is 0 Å². The molecule has 0 bridgehead atoms. The Kier molecular flexibility index (Phi) is 3.98. The zero-order valence-corrected chi connectivity index (χ0v) is 14.1. The molecule has 6 nitrogen and oxygen atoms in total. The molecule has 0 spiro atoms. The molecule has 0 saturated carbocycles. The van der Waals surface area contributed by atoms with E-state index < -0.39 is 0 Å². The monoisotopic (exact) mass is 326 g/mol. The highest BCUT2D eigenvalue weighted by atomic mass is 16.7. The summed E-state index contributed by atoms with van der Waals surface area (Å²) in [6.07, 6.45) is 2.92. The van der Waals surface area contributed by atoms with Crippen LogP contribution in [0.3, 0.4) is 0 Å². The van der Waals surface area contributed by atoms with Gasteiger partial charge in [-0.1, -0.05) is 13.8 Å². The van der Waals surface area contributed by atoms with E-state index in [1.807, 2.05) is 24.4 Å². The van der Waals surface area contributed by atoms with Gasteiger partial charge in [0.05, 0.1) is 5.69 Å². The summed E-state index contributed by atoms with van der Waals surface area (Å²) in [5, 5.41) is 3.26. The lowest BCUT2D eigenvalue weighted by molar-refractivity contribution is 0.174. The molecule has 0 unspecified atom stereocenters. The van der Waals surface area contributed by atoms with Gasteiger partial charge in [-0.25, -0.2) is 9.97 Å². The molecule has 3 heterocycles. The summed E-state index contributed by atoms with van der Waals surface area (Å²) >= 11 is 0. The first-order chi connectivity index (χ1) is 11.7. The van der Waals surface area contributed by atoms with Crippen LogP contribution in [-0.2, 0) is 13.0 Å². The molecule has 1 N–H and O–H groups in total. The van der Waals surface area contributed by atoms with Crippen molar-refractivity contribution in [3.05, 3.63) is 35.7 Å². The topological polar surface area (TPSA) is 59.5 Å². The molecule has 126 valence electrons. The predicted molar refractivity (Wildman–Crippen MR) is 91.7 cm³/mol. The molecule has 0 radical (unpaired) electrons. The van der Waals surface area contributed by atoms with Crippen molar-refractivity contribution in [1.29, 1.82) is 0 Å². The van der Waals surface area contributed by atoms with Crippen molar-refractivity contribution in [3.63, 3.8) is 0 Å². The molecule has 0 amide bonds. The maximum absolute atomic E-state index is 5.40. The number of rotatable bonds is 4. The minimum absolute atomic E-state index is 0.279. The number of benzene rings is 1. The number of hydrogen-bond donors (Lipinski definition) is 1. The highest BCUT2D eigenvalue weighted by molar-refractivity contribution is 5.60. The first kappa shape index (κ1) is 15.2. The lowest BCUT2D eigenvalue weighted by Crippen LogP contribution is -2.34. The molecule has 2 aliphatic heterocycles. The number of ether oxygens (including phenoxy) is 2. The Morgan fingerprint density at radius 1 is 1.25 bits per heavy atom. The Bertz CT molecular complexity index is 748. The quantitative estimate of drug-likeness (QED) is 0.932. The normalized spacial score (nSPS) is 16.3. The zero-order chi connectivity index (χ0) is 16.5. The first-order valence-corrected chi connectivity index (χ1v) is 8.41. The molecule has 2 aliphatic rings. The molecule has 6 heteroatoms. The van der Waals surface area contributed by atoms with Crippen LogP contribution < -0.4 is 14.8 Å². The second-order valence-corrected chi connectivity index (χ2v) is 6.74. The molecular formula is C18H22N4O2. The van der Waals surface area contributed by atoms with E-state index in [1.54, 1.807) is 0 Å². The van der Waals surface area contributed by atoms with Crippen LogP contribution in [0.1, 0.15) is 25.1 Å². The summed E-state index contributed by atoms with van der Waals surface area (Å²) in [6, 6.07) is 5.75. The van der Waals surface area contributed by atoms with Crippen molar-refractivity contribution in [1.82, 2.24) is 14.9 Å². The second-order valence-electron chi connectivity index (χ2n) is 6.74. The van der Waals surface area contributed by atoms with Gasteiger partial charge in [0, 0.05) is 49.6 Å². The smallest absolute Gasteiger partial charge is 0.231 e. The standard InChI is InChI=1S/C18H22N4O2/c1-12(2)9-22-6-5-15-13(10-22)8-19-18(21-15)20-14-3-4-16-17(7-14)24-11-23-16/h3-4,7-8,12H,5-6,9-11H2,1-2H3,(H,19,20,21). The van der Waals surface area contributed by atoms with E-state index in [0.717, 1.165) is 48.9 Å². The fraction of sp³-hybridized carbons (Fsp3) is 0.444. The Hall–Kier alpha value is -2.34. The van der Waals surface area contributed by atoms with Gasteiger partial charge in [-0.3, -0.25) is 4.90 Å². The summed E-state index contributed by atoms with van der Waals surface area (Å²) in [6.45, 7) is 7.91. The lowest BCUT2D eigenvalue weighted by Gasteiger charge is -2.29. The fourth-order valence-electron chi connectivity index (χ4n) is 3.21. The van der Waals surface area contributed by atoms with Gasteiger partial charge in [0.2, 0.25) is 12.7 Å². The average molecular weight is 326 g/mol. The van der Waals surface area contributed by atoms with E-state index >= 15 is 0 Å². The van der Waals surface area contributed by atoms with E-state index in [0.29, 0.717) is 11.9 Å². The van der Waals surface area contributed by atoms with Crippen LogP contribution >= 0.6 is 0 Å². The Labute approximate surface area is 141 Å². The van der Waals surface area contributed by atoms with Crippen LogP contribution in [0.4, 0.5) is 11.6 Å². The molecule has 4 rings (SSSR count). The maximum atomic E-state index is 5.40. The third-order valence-electron chi connectivity index (χ3n) is 4.27. The van der Waals surface area contributed by atoms with Crippen LogP contribution in [0.2, 0.25) is 0 Å². The number of anilines is 2. The van der Waals surface area contributed by atoms with Crippen molar-refractivity contribution >= 4 is 11.6 Å². The maximum Gasteiger partial charge on any atom is 0.231 e. The zero-order valence-electron chi connectivity index (χ0n) is 14.1. The lowest BCUT2D eigenvalue weighted by atomic mass is 10.1. The highest BCUT2D eigenvalue weighted by Crippen LogP contribution is 2.34. The largest absolute Gasteiger partial charge is 0.454 e. The summed E-state index contributed by atoms with van der Waals surface area (Å²) in [4.78, 5) is 11.6. The van der Waals surface area contributed by atoms with Crippen LogP contribution in [-0.4, -0.2) is 34.8 Å². The minimum Gasteiger partial charge on any atom is -0.454 e. The van der Waals surface area contributed by atoms with Crippen LogP contribution in [0.5, 0.6) is 11.5 Å².